The van der Waals surface area contributed by atoms with E-state index in [2.05, 4.69) is 39.5 Å². The quantitative estimate of drug-likeness (QED) is 0.306. The van der Waals surface area contributed by atoms with Crippen LogP contribution in [-0.4, -0.2) is 38.5 Å². The Morgan fingerprint density at radius 3 is 1.95 bits per heavy atom. The van der Waals surface area contributed by atoms with Crippen molar-refractivity contribution in [2.75, 3.05) is 13.7 Å². The van der Waals surface area contributed by atoms with Crippen molar-refractivity contribution in [2.45, 2.75) is 77.5 Å². The maximum Gasteiger partial charge on any atom is 0.339 e. The van der Waals surface area contributed by atoms with Crippen LogP contribution < -0.4 is 8.92 Å². The minimum Gasteiger partial charge on any atom is -0.493 e. The van der Waals surface area contributed by atoms with E-state index in [0.717, 1.165) is 17.8 Å². The van der Waals surface area contributed by atoms with E-state index in [1.807, 2.05) is 0 Å². The summed E-state index contributed by atoms with van der Waals surface area (Å²) in [6.07, 6.45) is 3.01. The van der Waals surface area contributed by atoms with Gasteiger partial charge in [0.05, 0.1) is 12.1 Å². The summed E-state index contributed by atoms with van der Waals surface area (Å²) < 4.78 is 37.2. The lowest BCUT2D eigenvalue weighted by Gasteiger charge is -2.49. The van der Waals surface area contributed by atoms with Gasteiger partial charge in [0.1, 0.15) is 4.90 Å². The van der Waals surface area contributed by atoms with Gasteiger partial charge < -0.3 is 13.8 Å². The Morgan fingerprint density at radius 1 is 0.905 bits per heavy atom. The van der Waals surface area contributed by atoms with Crippen LogP contribution in [0.15, 0.2) is 69.9 Å². The summed E-state index contributed by atoms with van der Waals surface area (Å²) in [5.74, 6) is -0.658. The van der Waals surface area contributed by atoms with E-state index in [-0.39, 0.29) is 43.8 Å². The van der Waals surface area contributed by atoms with Gasteiger partial charge in [-0.3, -0.25) is 9.59 Å². The highest BCUT2D eigenvalue weighted by Gasteiger charge is 2.49. The van der Waals surface area contributed by atoms with Gasteiger partial charge in [-0.05, 0) is 59.9 Å². The highest BCUT2D eigenvalue weighted by Crippen LogP contribution is 2.55. The van der Waals surface area contributed by atoms with Gasteiger partial charge in [-0.1, -0.05) is 64.4 Å². The van der Waals surface area contributed by atoms with Crippen LogP contribution in [0.5, 0.6) is 11.5 Å². The molecule has 0 amide bonds. The molecule has 0 saturated carbocycles. The summed E-state index contributed by atoms with van der Waals surface area (Å²) in [4.78, 5) is 30.1. The molecule has 5 rings (SSSR count). The molecule has 0 N–H and O–H groups in total. The fraction of sp³-hybridized carbons (Fsp3) is 0.455. The third kappa shape index (κ3) is 5.51. The number of hydrogen-bond acceptors (Lipinski definition) is 7. The molecule has 9 heteroatoms. The van der Waals surface area contributed by atoms with Crippen molar-refractivity contribution < 1.29 is 26.9 Å². The Balaban J connectivity index is 1.70. The number of rotatable bonds is 7. The summed E-state index contributed by atoms with van der Waals surface area (Å²) in [5.41, 5.74) is 3.33. The van der Waals surface area contributed by atoms with Crippen molar-refractivity contribution in [3.8, 4) is 11.5 Å². The number of halogens is 1. The zero-order valence-corrected chi connectivity index (χ0v) is 26.6. The Bertz CT molecular complexity index is 1570. The van der Waals surface area contributed by atoms with Crippen LogP contribution in [0.4, 0.5) is 0 Å². The van der Waals surface area contributed by atoms with E-state index in [1.165, 1.54) is 19.2 Å². The lowest BCUT2D eigenvalue weighted by molar-refractivity contribution is -0.119. The van der Waals surface area contributed by atoms with Gasteiger partial charge in [0.2, 0.25) is 5.75 Å². The molecule has 0 radical (unpaired) electrons. The van der Waals surface area contributed by atoms with Gasteiger partial charge in [0, 0.05) is 47.8 Å². The molecule has 0 bridgehead atoms. The fourth-order valence-corrected chi connectivity index (χ4v) is 7.89. The van der Waals surface area contributed by atoms with Gasteiger partial charge in [-0.15, -0.1) is 0 Å². The van der Waals surface area contributed by atoms with Gasteiger partial charge in [-0.2, -0.15) is 8.42 Å². The third-order valence-electron chi connectivity index (χ3n) is 8.28. The molecule has 0 fully saturated rings. The van der Waals surface area contributed by atoms with Crippen molar-refractivity contribution in [1.29, 1.82) is 0 Å². The molecular weight excluding hydrogens is 574 g/mol. The fourth-order valence-electron chi connectivity index (χ4n) is 6.61. The molecule has 0 saturated heterocycles. The SMILES string of the molecule is CCCN1C2=C(C(=O)CC(C)(C)C2)C(c2cc(Cl)c(OS(=O)(=O)c3ccccc3)c(OC)c2)C2=C1CC(C)(C)CC2=O. The molecule has 0 atom stereocenters. The first-order valence-corrected chi connectivity index (χ1v) is 16.1. The van der Waals surface area contributed by atoms with Crippen LogP contribution >= 0.6 is 11.6 Å². The summed E-state index contributed by atoms with van der Waals surface area (Å²) in [5, 5.41) is 0.0105. The topological polar surface area (TPSA) is 90.0 Å². The monoisotopic (exact) mass is 611 g/mol. The number of allylic oxidation sites excluding steroid dienone is 4. The second kappa shape index (κ2) is 10.9. The molecule has 3 aliphatic rings. The van der Waals surface area contributed by atoms with Gasteiger partial charge in [0.15, 0.2) is 17.3 Å². The van der Waals surface area contributed by atoms with E-state index in [1.54, 1.807) is 30.3 Å². The normalized spacial score (nSPS) is 20.4. The van der Waals surface area contributed by atoms with Crippen LogP contribution in [0.3, 0.4) is 0 Å². The number of nitrogens with zero attached hydrogens (tertiary/aromatic N) is 1. The molecule has 224 valence electrons. The largest absolute Gasteiger partial charge is 0.493 e. The number of carbonyl (C=O) groups is 2. The van der Waals surface area contributed by atoms with E-state index in [9.17, 15) is 18.0 Å². The number of hydrogen-bond donors (Lipinski definition) is 0. The molecule has 7 nitrogen and oxygen atoms in total. The van der Waals surface area contributed by atoms with Crippen LogP contribution in [-0.2, 0) is 19.7 Å². The van der Waals surface area contributed by atoms with E-state index < -0.39 is 16.0 Å². The third-order valence-corrected chi connectivity index (χ3v) is 9.80. The Hall–Kier alpha value is -3.10. The summed E-state index contributed by atoms with van der Waals surface area (Å²) in [6.45, 7) is 11.2. The maximum atomic E-state index is 14.0. The molecule has 0 unspecified atom stereocenters. The molecule has 1 heterocycles. The summed E-state index contributed by atoms with van der Waals surface area (Å²) >= 11 is 6.74. The number of ether oxygens (including phenoxy) is 1. The molecule has 2 aromatic rings. The van der Waals surface area contributed by atoms with E-state index in [4.69, 9.17) is 20.5 Å². The standard InChI is InChI=1S/C33H38ClNO6S/c1-7-13-35-23-16-32(2,3)18-25(36)29(23)28(30-24(35)17-33(4,5)19-26(30)37)20-14-22(34)31(27(15-20)40-6)41-42(38,39)21-11-9-8-10-12-21/h8-12,14-15,28H,7,13,16-19H2,1-6H3. The van der Waals surface area contributed by atoms with Crippen molar-refractivity contribution in [1.82, 2.24) is 4.90 Å². The molecule has 0 spiro atoms. The van der Waals surface area contributed by atoms with Crippen LogP contribution in [0.25, 0.3) is 0 Å². The van der Waals surface area contributed by atoms with Crippen molar-refractivity contribution in [3.63, 3.8) is 0 Å². The molecule has 0 aromatic heterocycles. The number of benzene rings is 2. The predicted molar refractivity (Wildman–Crippen MR) is 162 cm³/mol. The molecule has 2 aliphatic carbocycles. The second-order valence-corrected chi connectivity index (χ2v) is 15.0. The lowest BCUT2D eigenvalue weighted by atomic mass is 9.63. The highest BCUT2D eigenvalue weighted by molar-refractivity contribution is 7.87. The number of Topliss-reactive ketones (excluding diaryl/α,β-unsaturated/α-hetero) is 2. The molecule has 1 aliphatic heterocycles. The first-order chi connectivity index (χ1) is 19.7. The second-order valence-electron chi connectivity index (χ2n) is 13.1. The zero-order valence-electron chi connectivity index (χ0n) is 25.0. The summed E-state index contributed by atoms with van der Waals surface area (Å²) in [6, 6.07) is 11.0. The Labute approximate surface area is 253 Å². The van der Waals surface area contributed by atoms with Gasteiger partial charge in [-0.25, -0.2) is 0 Å². The lowest BCUT2D eigenvalue weighted by Crippen LogP contribution is -2.44. The van der Waals surface area contributed by atoms with Crippen LogP contribution in [0.2, 0.25) is 5.02 Å². The van der Waals surface area contributed by atoms with Crippen molar-refractivity contribution in [3.05, 3.63) is 75.6 Å². The van der Waals surface area contributed by atoms with E-state index >= 15 is 0 Å². The minimum atomic E-state index is -4.20. The van der Waals surface area contributed by atoms with Crippen molar-refractivity contribution in [2.24, 2.45) is 10.8 Å². The first kappa shape index (κ1) is 30.4. The number of carbonyl (C=O) groups excluding carboxylic acids is 2. The van der Waals surface area contributed by atoms with Crippen LogP contribution in [0.1, 0.15) is 78.2 Å². The Morgan fingerprint density at radius 2 is 1.45 bits per heavy atom. The zero-order chi connectivity index (χ0) is 30.6. The number of methoxy groups -OCH3 is 1. The smallest absolute Gasteiger partial charge is 0.339 e. The van der Waals surface area contributed by atoms with Crippen LogP contribution in [0, 0.1) is 10.8 Å². The highest BCUT2D eigenvalue weighted by atomic mass is 35.5. The summed E-state index contributed by atoms with van der Waals surface area (Å²) in [7, 11) is -2.80. The van der Waals surface area contributed by atoms with Crippen molar-refractivity contribution >= 4 is 33.3 Å². The predicted octanol–water partition coefficient (Wildman–Crippen LogP) is 7.21. The average molecular weight is 612 g/mol. The molecule has 42 heavy (non-hydrogen) atoms. The van der Waals surface area contributed by atoms with E-state index in [0.29, 0.717) is 48.9 Å². The number of ketones is 2. The average Bonchev–Trinajstić information content (AvgIpc) is 2.89. The first-order valence-electron chi connectivity index (χ1n) is 14.3. The molecule has 2 aromatic carbocycles. The maximum absolute atomic E-state index is 14.0. The van der Waals surface area contributed by atoms with Gasteiger partial charge in [0.25, 0.3) is 0 Å². The van der Waals surface area contributed by atoms with Gasteiger partial charge >= 0.3 is 10.1 Å². The minimum absolute atomic E-state index is 0.0105. The molecular formula is C33H38ClNO6S. The Kier molecular flexibility index (Phi) is 7.86.